The molecule has 4 aromatic rings. The topological polar surface area (TPSA) is 15.3 Å². The average molecular weight is 399 g/mol. The van der Waals surface area contributed by atoms with Gasteiger partial charge in [-0.2, -0.15) is 0 Å². The summed E-state index contributed by atoms with van der Waals surface area (Å²) < 4.78 is 0. The lowest BCUT2D eigenvalue weighted by atomic mass is 9.89. The molecular formula is C23H24Cl2N2. The number of nitrogens with zero attached hydrogens (tertiary/aromatic N) is 1. The van der Waals surface area contributed by atoms with Gasteiger partial charge < -0.3 is 5.32 Å². The molecule has 1 aliphatic rings. The molecule has 1 fully saturated rings. The predicted octanol–water partition coefficient (Wildman–Crippen LogP) is 5.56. The van der Waals surface area contributed by atoms with Gasteiger partial charge in [0.25, 0.3) is 0 Å². The van der Waals surface area contributed by atoms with Gasteiger partial charge in [-0.05, 0) is 37.9 Å². The zero-order chi connectivity index (χ0) is 16.8. The fraction of sp³-hybridized carbons (Fsp3) is 0.217. The van der Waals surface area contributed by atoms with E-state index in [0.717, 1.165) is 26.2 Å². The molecule has 0 saturated carbocycles. The molecule has 5 rings (SSSR count). The summed E-state index contributed by atoms with van der Waals surface area (Å²) in [6.45, 7) is 8.40. The Kier molecular flexibility index (Phi) is 5.92. The normalized spacial score (nSPS) is 16.1. The molecule has 1 atom stereocenters. The Hall–Kier alpha value is -1.84. The van der Waals surface area contributed by atoms with Crippen molar-refractivity contribution in [3.8, 4) is 0 Å². The molecule has 4 aromatic carbocycles. The van der Waals surface area contributed by atoms with Gasteiger partial charge in [0, 0.05) is 26.2 Å². The number of benzene rings is 4. The highest BCUT2D eigenvalue weighted by Gasteiger charge is 2.22. The van der Waals surface area contributed by atoms with Crippen molar-refractivity contribution in [3.63, 3.8) is 0 Å². The second kappa shape index (κ2) is 8.04. The minimum atomic E-state index is 0. The van der Waals surface area contributed by atoms with E-state index in [1.165, 1.54) is 37.9 Å². The van der Waals surface area contributed by atoms with Crippen molar-refractivity contribution in [2.24, 2.45) is 0 Å². The van der Waals surface area contributed by atoms with Crippen LogP contribution in [-0.2, 0) is 0 Å². The Morgan fingerprint density at radius 3 is 2.07 bits per heavy atom. The van der Waals surface area contributed by atoms with Crippen LogP contribution in [0.1, 0.15) is 11.6 Å². The summed E-state index contributed by atoms with van der Waals surface area (Å²) in [4.78, 5) is 2.54. The maximum absolute atomic E-state index is 4.16. The highest BCUT2D eigenvalue weighted by atomic mass is 35.5. The molecule has 27 heavy (non-hydrogen) atoms. The largest absolute Gasteiger partial charge is 0.314 e. The van der Waals surface area contributed by atoms with Gasteiger partial charge in [0.2, 0.25) is 0 Å². The maximum atomic E-state index is 4.16. The van der Waals surface area contributed by atoms with Crippen molar-refractivity contribution < 1.29 is 0 Å². The van der Waals surface area contributed by atoms with E-state index in [2.05, 4.69) is 77.5 Å². The second-order valence-electron chi connectivity index (χ2n) is 6.98. The third-order valence-corrected chi connectivity index (χ3v) is 5.65. The van der Waals surface area contributed by atoms with Crippen molar-refractivity contribution in [1.82, 2.24) is 10.2 Å². The molecule has 0 aliphatic carbocycles. The van der Waals surface area contributed by atoms with Gasteiger partial charge >= 0.3 is 0 Å². The zero-order valence-corrected chi connectivity index (χ0v) is 16.8. The molecule has 1 N–H and O–H groups in total. The summed E-state index contributed by atoms with van der Waals surface area (Å²) in [7, 11) is 0. The van der Waals surface area contributed by atoms with Crippen LogP contribution in [0.15, 0.2) is 67.3 Å². The summed E-state index contributed by atoms with van der Waals surface area (Å²) in [5.41, 5.74) is 1.38. The number of hydrogen-bond acceptors (Lipinski definition) is 2. The van der Waals surface area contributed by atoms with E-state index in [0.29, 0.717) is 0 Å². The fourth-order valence-electron chi connectivity index (χ4n) is 4.45. The minimum Gasteiger partial charge on any atom is -0.314 e. The molecule has 2 nitrogen and oxygen atoms in total. The molecule has 1 saturated heterocycles. The molecule has 0 bridgehead atoms. The van der Waals surface area contributed by atoms with Crippen molar-refractivity contribution in [2.75, 3.05) is 26.2 Å². The molecule has 0 aromatic heterocycles. The third kappa shape index (κ3) is 3.17. The van der Waals surface area contributed by atoms with Crippen LogP contribution in [0.2, 0.25) is 0 Å². The standard InChI is InChI=1S/C23H22N2.2ClH/c1-2-21(25-14-12-24-13-15-25)19-10-8-18-7-6-16-4-3-5-17-9-11-20(19)23(18)22(16)17;;/h2-11,21,24H,1,12-15H2;2*1H/t21-;;/m0../s1. The summed E-state index contributed by atoms with van der Waals surface area (Å²) in [6.07, 6.45) is 2.11. The summed E-state index contributed by atoms with van der Waals surface area (Å²) in [5.74, 6) is 0. The van der Waals surface area contributed by atoms with E-state index < -0.39 is 0 Å². The summed E-state index contributed by atoms with van der Waals surface area (Å²) in [5, 5.41) is 11.6. The lowest BCUT2D eigenvalue weighted by molar-refractivity contribution is 0.204. The van der Waals surface area contributed by atoms with E-state index in [9.17, 15) is 0 Å². The number of piperazine rings is 1. The van der Waals surface area contributed by atoms with Crippen molar-refractivity contribution in [2.45, 2.75) is 6.04 Å². The molecule has 0 spiro atoms. The first-order chi connectivity index (χ1) is 12.4. The van der Waals surface area contributed by atoms with Gasteiger partial charge in [0.05, 0.1) is 6.04 Å². The van der Waals surface area contributed by atoms with Gasteiger partial charge in [-0.15, -0.1) is 31.4 Å². The average Bonchev–Trinajstić information content (AvgIpc) is 2.68. The van der Waals surface area contributed by atoms with Crippen LogP contribution in [0.4, 0.5) is 0 Å². The van der Waals surface area contributed by atoms with Gasteiger partial charge in [-0.25, -0.2) is 0 Å². The van der Waals surface area contributed by atoms with E-state index in [-0.39, 0.29) is 30.9 Å². The van der Waals surface area contributed by atoms with Crippen LogP contribution < -0.4 is 5.32 Å². The third-order valence-electron chi connectivity index (χ3n) is 5.65. The molecule has 1 aliphatic heterocycles. The number of rotatable bonds is 3. The van der Waals surface area contributed by atoms with Crippen LogP contribution in [0.25, 0.3) is 32.3 Å². The SMILES string of the molecule is C=C[C@@H](c1ccc2ccc3cccc4ccc1c2c34)N1CCNCC1.Cl.Cl. The van der Waals surface area contributed by atoms with Crippen LogP contribution in [-0.4, -0.2) is 31.1 Å². The Bertz CT molecular complexity index is 1050. The molecule has 1 heterocycles. The van der Waals surface area contributed by atoms with Gasteiger partial charge in [0.1, 0.15) is 0 Å². The van der Waals surface area contributed by atoms with Crippen LogP contribution in [0, 0.1) is 0 Å². The van der Waals surface area contributed by atoms with Crippen LogP contribution >= 0.6 is 24.8 Å². The fourth-order valence-corrected chi connectivity index (χ4v) is 4.45. The Morgan fingerprint density at radius 1 is 0.815 bits per heavy atom. The van der Waals surface area contributed by atoms with Gasteiger partial charge in [-0.3, -0.25) is 4.90 Å². The van der Waals surface area contributed by atoms with E-state index in [1.807, 2.05) is 0 Å². The highest BCUT2D eigenvalue weighted by molar-refractivity contribution is 6.23. The van der Waals surface area contributed by atoms with Gasteiger partial charge in [0.15, 0.2) is 0 Å². The lowest BCUT2D eigenvalue weighted by Crippen LogP contribution is -2.44. The monoisotopic (exact) mass is 398 g/mol. The number of halogens is 2. The van der Waals surface area contributed by atoms with Crippen LogP contribution in [0.5, 0.6) is 0 Å². The molecule has 0 unspecified atom stereocenters. The number of hydrogen-bond donors (Lipinski definition) is 1. The first-order valence-electron chi connectivity index (χ1n) is 9.10. The number of nitrogens with one attached hydrogen (secondary N) is 1. The van der Waals surface area contributed by atoms with Gasteiger partial charge in [-0.1, -0.05) is 60.7 Å². The van der Waals surface area contributed by atoms with E-state index in [4.69, 9.17) is 0 Å². The summed E-state index contributed by atoms with van der Waals surface area (Å²) >= 11 is 0. The maximum Gasteiger partial charge on any atom is 0.0536 e. The predicted molar refractivity (Wildman–Crippen MR) is 122 cm³/mol. The first-order valence-corrected chi connectivity index (χ1v) is 9.10. The quantitative estimate of drug-likeness (QED) is 0.358. The van der Waals surface area contributed by atoms with E-state index >= 15 is 0 Å². The zero-order valence-electron chi connectivity index (χ0n) is 15.2. The Morgan fingerprint density at radius 2 is 1.41 bits per heavy atom. The molecule has 4 heteroatoms. The Balaban J connectivity index is 0.00000105. The molecule has 140 valence electrons. The van der Waals surface area contributed by atoms with Crippen molar-refractivity contribution >= 4 is 57.1 Å². The molecule has 0 amide bonds. The molecular weight excluding hydrogens is 375 g/mol. The van der Waals surface area contributed by atoms with Crippen molar-refractivity contribution in [3.05, 3.63) is 72.8 Å². The van der Waals surface area contributed by atoms with Crippen LogP contribution in [0.3, 0.4) is 0 Å². The first kappa shape index (κ1) is 19.9. The lowest BCUT2D eigenvalue weighted by Gasteiger charge is -2.34. The minimum absolute atomic E-state index is 0. The second-order valence-corrected chi connectivity index (χ2v) is 6.98. The highest BCUT2D eigenvalue weighted by Crippen LogP contribution is 2.38. The Labute approximate surface area is 172 Å². The smallest absolute Gasteiger partial charge is 0.0536 e. The van der Waals surface area contributed by atoms with E-state index in [1.54, 1.807) is 0 Å². The summed E-state index contributed by atoms with van der Waals surface area (Å²) in [6, 6.07) is 20.5. The van der Waals surface area contributed by atoms with Crippen molar-refractivity contribution in [1.29, 1.82) is 0 Å². The molecule has 0 radical (unpaired) electrons.